The Morgan fingerprint density at radius 2 is 1.86 bits per heavy atom. The lowest BCUT2D eigenvalue weighted by Gasteiger charge is -2.25. The molecule has 15 nitrogen and oxygen atoms in total. The lowest BCUT2D eigenvalue weighted by Crippen LogP contribution is -2.48. The zero-order valence-corrected chi connectivity index (χ0v) is 24.2. The molecule has 1 fully saturated rings. The van der Waals surface area contributed by atoms with E-state index >= 15 is 0 Å². The van der Waals surface area contributed by atoms with Crippen molar-refractivity contribution in [1.82, 2.24) is 30.4 Å². The van der Waals surface area contributed by atoms with Crippen molar-refractivity contribution in [3.05, 3.63) is 64.0 Å². The summed E-state index contributed by atoms with van der Waals surface area (Å²) < 4.78 is 24.7. The summed E-state index contributed by atoms with van der Waals surface area (Å²) in [7, 11) is 1.43. The van der Waals surface area contributed by atoms with Gasteiger partial charge in [-0.2, -0.15) is 0 Å². The maximum absolute atomic E-state index is 13.7. The Morgan fingerprint density at radius 1 is 1.09 bits per heavy atom. The molecule has 0 unspecified atom stereocenters. The molecule has 0 bridgehead atoms. The summed E-state index contributed by atoms with van der Waals surface area (Å²) in [5, 5.41) is 45.2. The van der Waals surface area contributed by atoms with E-state index in [4.69, 9.17) is 9.47 Å². The number of ether oxygens (including phenoxy) is 2. The number of para-hydroxylation sites is 1. The van der Waals surface area contributed by atoms with E-state index in [9.17, 15) is 29.3 Å². The van der Waals surface area contributed by atoms with Crippen molar-refractivity contribution in [2.45, 2.75) is 13.0 Å². The van der Waals surface area contributed by atoms with E-state index in [-0.39, 0.29) is 23.2 Å². The molecule has 2 amide bonds. The van der Waals surface area contributed by atoms with Crippen LogP contribution in [0.1, 0.15) is 25.9 Å². The van der Waals surface area contributed by atoms with E-state index in [0.717, 1.165) is 6.20 Å². The lowest BCUT2D eigenvalue weighted by atomic mass is 10.1. The van der Waals surface area contributed by atoms with Crippen LogP contribution in [0.5, 0.6) is 5.75 Å². The number of halogens is 1. The van der Waals surface area contributed by atoms with Gasteiger partial charge in [0, 0.05) is 30.1 Å². The molecule has 5 rings (SSSR count). The molecule has 44 heavy (non-hydrogen) atoms. The van der Waals surface area contributed by atoms with Crippen LogP contribution in [0, 0.1) is 12.7 Å². The molecule has 0 atom stereocenters. The highest BCUT2D eigenvalue weighted by Crippen LogP contribution is 2.39. The number of rotatable bonds is 9. The first-order chi connectivity index (χ1) is 21.0. The zero-order valence-electron chi connectivity index (χ0n) is 23.4. The van der Waals surface area contributed by atoms with E-state index in [0.29, 0.717) is 59.6 Å². The molecule has 4 aromatic rings. The van der Waals surface area contributed by atoms with Gasteiger partial charge in [0.1, 0.15) is 11.6 Å². The Hall–Kier alpha value is -4.81. The predicted octanol–water partition coefficient (Wildman–Crippen LogP) is 1.73. The Balaban J connectivity index is 1.48. The third-order valence-corrected chi connectivity index (χ3v) is 7.17. The maximum atomic E-state index is 13.7. The van der Waals surface area contributed by atoms with E-state index in [2.05, 4.69) is 30.8 Å². The summed E-state index contributed by atoms with van der Waals surface area (Å²) in [4.78, 5) is 35.9. The van der Waals surface area contributed by atoms with Crippen LogP contribution in [0.3, 0.4) is 0 Å². The van der Waals surface area contributed by atoms with Crippen molar-refractivity contribution in [3.63, 3.8) is 0 Å². The molecule has 0 aliphatic carbocycles. The molecule has 230 valence electrons. The van der Waals surface area contributed by atoms with Crippen LogP contribution in [-0.2, 0) is 4.74 Å². The number of benzene rings is 1. The minimum atomic E-state index is -3.53. The van der Waals surface area contributed by atoms with Crippen LogP contribution < -0.4 is 20.7 Å². The molecular formula is C27H27FN8O7S. The molecule has 0 saturated carbocycles. The number of nitrogens with one attached hydrogen (secondary N) is 3. The first kappa shape index (κ1) is 30.6. The lowest BCUT2D eigenvalue weighted by molar-refractivity contribution is -0.323. The highest BCUT2D eigenvalue weighted by molar-refractivity contribution is 7.12. The molecule has 1 aromatic carbocycles. The molecule has 6 N–H and O–H groups in total. The van der Waals surface area contributed by atoms with E-state index in [1.54, 1.807) is 40.7 Å². The average molecular weight is 627 g/mol. The van der Waals surface area contributed by atoms with Crippen molar-refractivity contribution in [2.24, 2.45) is 0 Å². The zero-order chi connectivity index (χ0) is 31.4. The van der Waals surface area contributed by atoms with Gasteiger partial charge in [0.15, 0.2) is 22.3 Å². The number of amides is 2. The molecule has 1 aliphatic rings. The van der Waals surface area contributed by atoms with Gasteiger partial charge in [0.05, 0.1) is 43.6 Å². The number of hydrogen-bond acceptors (Lipinski definition) is 14. The van der Waals surface area contributed by atoms with Gasteiger partial charge in [-0.25, -0.2) is 14.4 Å². The summed E-state index contributed by atoms with van der Waals surface area (Å²) in [5.74, 6) is -1.25. The number of anilines is 4. The second kappa shape index (κ2) is 12.8. The highest BCUT2D eigenvalue weighted by atomic mass is 32.1. The molecule has 1 aliphatic heterocycles. The first-order valence-electron chi connectivity index (χ1n) is 13.1. The van der Waals surface area contributed by atoms with Crippen LogP contribution in [-0.4, -0.2) is 91.7 Å². The maximum Gasteiger partial charge on any atom is 0.369 e. The van der Waals surface area contributed by atoms with Gasteiger partial charge >= 0.3 is 6.10 Å². The summed E-state index contributed by atoms with van der Waals surface area (Å²) in [5.41, 5.74) is 1.25. The number of thiazole rings is 1. The van der Waals surface area contributed by atoms with Gasteiger partial charge < -0.3 is 40.3 Å². The third kappa shape index (κ3) is 7.04. The van der Waals surface area contributed by atoms with Gasteiger partial charge in [-0.15, -0.1) is 21.5 Å². The molecule has 4 heterocycles. The Morgan fingerprint density at radius 3 is 2.57 bits per heavy atom. The van der Waals surface area contributed by atoms with Gasteiger partial charge in [-0.1, -0.05) is 6.07 Å². The van der Waals surface area contributed by atoms with Crippen LogP contribution in [0.2, 0.25) is 0 Å². The second-order valence-corrected chi connectivity index (χ2v) is 10.3. The topological polar surface area (TPSA) is 204 Å². The Bertz CT molecular complexity index is 1690. The smallest absolute Gasteiger partial charge is 0.369 e. The van der Waals surface area contributed by atoms with Crippen molar-refractivity contribution in [2.75, 3.05) is 44.0 Å². The molecule has 0 spiro atoms. The highest BCUT2D eigenvalue weighted by Gasteiger charge is 2.27. The van der Waals surface area contributed by atoms with Gasteiger partial charge in [0.2, 0.25) is 0 Å². The summed E-state index contributed by atoms with van der Waals surface area (Å²) in [6, 6.07) is 7.89. The van der Waals surface area contributed by atoms with E-state index < -0.39 is 23.5 Å². The van der Waals surface area contributed by atoms with E-state index in [1.807, 2.05) is 0 Å². The SMILES string of the molecule is COc1c(Nc2cc(Nc3cc(C)c(F)cn3)nnc2C(=O)NC(O)(O)O)cccc1-c1csc(C(=O)N2CCOCC2)n1. The fourth-order valence-electron chi connectivity index (χ4n) is 4.27. The van der Waals surface area contributed by atoms with Gasteiger partial charge in [-0.05, 0) is 30.7 Å². The number of carbonyl (C=O) groups excluding carboxylic acids is 2. The molecule has 3 aromatic heterocycles. The Labute approximate surface area is 253 Å². The van der Waals surface area contributed by atoms with Gasteiger partial charge in [-0.3, -0.25) is 14.9 Å². The number of pyridine rings is 1. The first-order valence-corrected chi connectivity index (χ1v) is 13.9. The number of hydrogen-bond donors (Lipinski definition) is 6. The monoisotopic (exact) mass is 626 g/mol. The number of nitrogens with zero attached hydrogens (tertiary/aromatic N) is 5. The molecule has 17 heteroatoms. The van der Waals surface area contributed by atoms with Crippen molar-refractivity contribution in [3.8, 4) is 17.0 Å². The second-order valence-electron chi connectivity index (χ2n) is 9.48. The fourth-order valence-corrected chi connectivity index (χ4v) is 5.05. The minimum absolute atomic E-state index is 0.00000402. The third-order valence-electron chi connectivity index (χ3n) is 6.34. The largest absolute Gasteiger partial charge is 0.494 e. The summed E-state index contributed by atoms with van der Waals surface area (Å²) in [6.07, 6.45) is -2.49. The number of aromatic nitrogens is 4. The summed E-state index contributed by atoms with van der Waals surface area (Å²) >= 11 is 1.19. The van der Waals surface area contributed by atoms with Crippen LogP contribution in [0.25, 0.3) is 11.3 Å². The quantitative estimate of drug-likeness (QED) is 0.147. The number of aliphatic hydroxyl groups is 3. The van der Waals surface area contributed by atoms with Crippen molar-refractivity contribution >= 4 is 46.2 Å². The van der Waals surface area contributed by atoms with Crippen LogP contribution >= 0.6 is 11.3 Å². The minimum Gasteiger partial charge on any atom is -0.494 e. The number of aryl methyl sites for hydroxylation is 1. The number of carbonyl (C=O) groups is 2. The van der Waals surface area contributed by atoms with E-state index in [1.165, 1.54) is 30.6 Å². The van der Waals surface area contributed by atoms with Crippen LogP contribution in [0.15, 0.2) is 41.9 Å². The average Bonchev–Trinajstić information content (AvgIpc) is 3.48. The molecular weight excluding hydrogens is 599 g/mol. The fraction of sp³-hybridized carbons (Fsp3) is 0.259. The van der Waals surface area contributed by atoms with Crippen molar-refractivity contribution in [1.29, 1.82) is 0 Å². The van der Waals surface area contributed by atoms with Crippen molar-refractivity contribution < 1.29 is 38.8 Å². The standard InChI is InChI=1S/C27H27FN8O7S/c1-14-10-20(29-12-16(14)28)32-21-11-18(22(35-34-21)24(37)33-27(39,40)41)30-17-5-3-4-15(23(17)42-2)19-13-44-25(31-19)26(38)36-6-8-43-9-7-36/h3-5,10-13,39-41H,6-9H2,1-2H3,(H,33,37)(H2,29,30,32,34). The Kier molecular flexibility index (Phi) is 8.93. The predicted molar refractivity (Wildman–Crippen MR) is 155 cm³/mol. The number of morpholine rings is 1. The normalized spacial score (nSPS) is 13.4. The summed E-state index contributed by atoms with van der Waals surface area (Å²) in [6.45, 7) is 3.43. The molecule has 1 saturated heterocycles. The number of methoxy groups -OCH3 is 1. The van der Waals surface area contributed by atoms with Gasteiger partial charge in [0.25, 0.3) is 11.8 Å². The molecule has 0 radical (unpaired) electrons. The van der Waals surface area contributed by atoms with Crippen LogP contribution in [0.4, 0.5) is 27.4 Å².